The van der Waals surface area contributed by atoms with Gasteiger partial charge < -0.3 is 29.3 Å². The second-order valence-corrected chi connectivity index (χ2v) is 4.75. The van der Waals surface area contributed by atoms with Gasteiger partial charge in [0.25, 0.3) is 0 Å². The van der Waals surface area contributed by atoms with Gasteiger partial charge in [0.2, 0.25) is 0 Å². The molecular weight excluding hydrogens is 359 g/mol. The summed E-state index contributed by atoms with van der Waals surface area (Å²) in [5.74, 6) is 0. The highest BCUT2D eigenvalue weighted by Gasteiger charge is 2.00. The monoisotopic (exact) mass is 376 g/mol. The molecule has 0 aliphatic carbocycles. The second kappa shape index (κ2) is 6.70. The maximum atomic E-state index is 3.51. The molecule has 0 saturated heterocycles. The average molecular weight is 376 g/mol. The Morgan fingerprint density at radius 1 is 0.900 bits per heavy atom. The Bertz CT molecular complexity index is 687. The van der Waals surface area contributed by atoms with E-state index in [1.807, 2.05) is 11.6 Å². The van der Waals surface area contributed by atoms with Crippen molar-refractivity contribution >= 4 is 16.5 Å². The third-order valence-electron chi connectivity index (χ3n) is 3.32. The van der Waals surface area contributed by atoms with Crippen LogP contribution in [0.2, 0.25) is 0 Å². The molecule has 3 rings (SSSR count). The van der Waals surface area contributed by atoms with E-state index in [4.69, 9.17) is 0 Å². The first kappa shape index (κ1) is 14.8. The lowest BCUT2D eigenvalue weighted by Gasteiger charge is -2.09. The number of pyridine rings is 1. The van der Waals surface area contributed by atoms with Crippen LogP contribution in [0.25, 0.3) is 10.8 Å². The molecule has 0 aliphatic heterocycles. The zero-order valence-electron chi connectivity index (χ0n) is 11.4. The van der Waals surface area contributed by atoms with E-state index in [0.29, 0.717) is 0 Å². The molecule has 20 heavy (non-hydrogen) atoms. The Morgan fingerprint density at radius 2 is 1.60 bits per heavy atom. The molecule has 0 atom stereocenters. The van der Waals surface area contributed by atoms with E-state index in [0.717, 1.165) is 6.54 Å². The van der Waals surface area contributed by atoms with Gasteiger partial charge in [0.1, 0.15) is 7.05 Å². The minimum Gasteiger partial charge on any atom is -1.00 e. The Kier molecular flexibility index (Phi) is 4.95. The Morgan fingerprint density at radius 3 is 2.40 bits per heavy atom. The Hall–Kier alpha value is -1.62. The largest absolute Gasteiger partial charge is 1.00 e. The molecule has 102 valence electrons. The maximum Gasteiger partial charge on any atom is 0.168 e. The zero-order chi connectivity index (χ0) is 13.1. The number of fused-ring (bicyclic) bond motifs is 1. The van der Waals surface area contributed by atoms with E-state index < -0.39 is 0 Å². The van der Waals surface area contributed by atoms with Gasteiger partial charge in [-0.15, -0.1) is 0 Å². The molecule has 2 nitrogen and oxygen atoms in total. The normalized spacial score (nSPS) is 10.1. The predicted molar refractivity (Wildman–Crippen MR) is 78.9 cm³/mol. The summed E-state index contributed by atoms with van der Waals surface area (Å²) >= 11 is 0. The quantitative estimate of drug-likeness (QED) is 0.513. The van der Waals surface area contributed by atoms with Crippen LogP contribution in [0.5, 0.6) is 0 Å². The summed E-state index contributed by atoms with van der Waals surface area (Å²) in [7, 11) is 2.03. The van der Waals surface area contributed by atoms with Crippen LogP contribution in [-0.4, -0.2) is 0 Å². The lowest BCUT2D eigenvalue weighted by Crippen LogP contribution is -3.00. The molecule has 0 amide bonds. The maximum absolute atomic E-state index is 3.51. The highest BCUT2D eigenvalue weighted by molar-refractivity contribution is 5.93. The van der Waals surface area contributed by atoms with Crippen LogP contribution in [0.15, 0.2) is 67.0 Å². The van der Waals surface area contributed by atoms with Gasteiger partial charge in [0.05, 0.1) is 0 Å². The SMILES string of the molecule is C[n+]1ccc(CNc2cccc3ccccc23)cc1.[I-]. The number of rotatable bonds is 3. The van der Waals surface area contributed by atoms with E-state index in [9.17, 15) is 0 Å². The molecule has 0 unspecified atom stereocenters. The number of hydrogen-bond acceptors (Lipinski definition) is 1. The molecule has 3 heteroatoms. The summed E-state index contributed by atoms with van der Waals surface area (Å²) in [5, 5.41) is 6.05. The summed E-state index contributed by atoms with van der Waals surface area (Å²) in [6, 6.07) is 19.1. The molecule has 1 N–H and O–H groups in total. The van der Waals surface area contributed by atoms with Gasteiger partial charge in [-0.25, -0.2) is 4.57 Å². The van der Waals surface area contributed by atoms with Crippen molar-refractivity contribution in [3.63, 3.8) is 0 Å². The zero-order valence-corrected chi connectivity index (χ0v) is 13.5. The first-order chi connectivity index (χ1) is 9.33. The van der Waals surface area contributed by atoms with Crippen molar-refractivity contribution in [2.24, 2.45) is 7.05 Å². The fraction of sp³-hybridized carbons (Fsp3) is 0.118. The fourth-order valence-electron chi connectivity index (χ4n) is 2.23. The number of aromatic nitrogens is 1. The van der Waals surface area contributed by atoms with Gasteiger partial charge in [-0.05, 0) is 17.0 Å². The summed E-state index contributed by atoms with van der Waals surface area (Å²) in [6.45, 7) is 0.842. The van der Waals surface area contributed by atoms with E-state index in [-0.39, 0.29) is 24.0 Å². The van der Waals surface area contributed by atoms with Crippen LogP contribution < -0.4 is 33.9 Å². The third-order valence-corrected chi connectivity index (χ3v) is 3.32. The molecule has 2 aromatic carbocycles. The highest BCUT2D eigenvalue weighted by atomic mass is 127. The molecular formula is C17H17IN2. The van der Waals surface area contributed by atoms with Crippen molar-refractivity contribution in [2.75, 3.05) is 5.32 Å². The first-order valence-corrected chi connectivity index (χ1v) is 6.49. The number of nitrogens with one attached hydrogen (secondary N) is 1. The standard InChI is InChI=1S/C17H17N2.HI/c1-19-11-9-14(10-12-19)13-18-17-8-4-6-15-5-2-3-7-16(15)17;/h2-12,18H,13H2,1H3;1H/q+1;/p-1. The smallest absolute Gasteiger partial charge is 0.168 e. The van der Waals surface area contributed by atoms with E-state index in [1.54, 1.807) is 0 Å². The number of nitrogens with zero attached hydrogens (tertiary/aromatic N) is 1. The van der Waals surface area contributed by atoms with Crippen molar-refractivity contribution < 1.29 is 28.5 Å². The summed E-state index contributed by atoms with van der Waals surface area (Å²) < 4.78 is 2.04. The van der Waals surface area contributed by atoms with Gasteiger partial charge in [0, 0.05) is 29.8 Å². The lowest BCUT2D eigenvalue weighted by molar-refractivity contribution is -0.671. The van der Waals surface area contributed by atoms with Crippen LogP contribution in [0.3, 0.4) is 0 Å². The van der Waals surface area contributed by atoms with Crippen LogP contribution >= 0.6 is 0 Å². The molecule has 1 aromatic heterocycles. The molecule has 0 aliphatic rings. The van der Waals surface area contributed by atoms with Gasteiger partial charge in [-0.2, -0.15) is 0 Å². The number of benzene rings is 2. The van der Waals surface area contributed by atoms with Crippen molar-refractivity contribution in [3.05, 3.63) is 72.6 Å². The topological polar surface area (TPSA) is 15.9 Å². The van der Waals surface area contributed by atoms with Crippen molar-refractivity contribution in [3.8, 4) is 0 Å². The summed E-state index contributed by atoms with van der Waals surface area (Å²) in [4.78, 5) is 0. The first-order valence-electron chi connectivity index (χ1n) is 6.49. The average Bonchev–Trinajstić information content (AvgIpc) is 2.47. The summed E-state index contributed by atoms with van der Waals surface area (Å²) in [6.07, 6.45) is 4.14. The molecule has 0 bridgehead atoms. The number of aryl methyl sites for hydroxylation is 1. The second-order valence-electron chi connectivity index (χ2n) is 4.75. The highest BCUT2D eigenvalue weighted by Crippen LogP contribution is 2.23. The minimum absolute atomic E-state index is 0. The van der Waals surface area contributed by atoms with Crippen molar-refractivity contribution in [1.82, 2.24) is 0 Å². The van der Waals surface area contributed by atoms with E-state index >= 15 is 0 Å². The molecule has 1 heterocycles. The minimum atomic E-state index is 0. The molecule has 3 aromatic rings. The van der Waals surface area contributed by atoms with Crippen LogP contribution in [-0.2, 0) is 13.6 Å². The number of hydrogen-bond donors (Lipinski definition) is 1. The third kappa shape index (κ3) is 3.28. The predicted octanol–water partition coefficient (Wildman–Crippen LogP) is 0.280. The molecule has 0 fully saturated rings. The molecule has 0 saturated carbocycles. The van der Waals surface area contributed by atoms with Crippen molar-refractivity contribution in [1.29, 1.82) is 0 Å². The van der Waals surface area contributed by atoms with Gasteiger partial charge in [-0.3, -0.25) is 0 Å². The van der Waals surface area contributed by atoms with Gasteiger partial charge in [0.15, 0.2) is 12.4 Å². The number of halogens is 1. The van der Waals surface area contributed by atoms with Crippen LogP contribution in [0.4, 0.5) is 5.69 Å². The van der Waals surface area contributed by atoms with Crippen molar-refractivity contribution in [2.45, 2.75) is 6.54 Å². The van der Waals surface area contributed by atoms with Gasteiger partial charge >= 0.3 is 0 Å². The van der Waals surface area contributed by atoms with E-state index in [1.165, 1.54) is 22.0 Å². The Balaban J connectivity index is 0.00000147. The molecule has 0 radical (unpaired) electrons. The summed E-state index contributed by atoms with van der Waals surface area (Å²) in [5.41, 5.74) is 2.47. The van der Waals surface area contributed by atoms with Gasteiger partial charge in [-0.1, -0.05) is 36.4 Å². The fourth-order valence-corrected chi connectivity index (χ4v) is 2.23. The van der Waals surface area contributed by atoms with E-state index in [2.05, 4.69) is 72.3 Å². The van der Waals surface area contributed by atoms with Crippen LogP contribution in [0.1, 0.15) is 5.56 Å². The van der Waals surface area contributed by atoms with Crippen LogP contribution in [0, 0.1) is 0 Å². The molecule has 0 spiro atoms. The number of anilines is 1. The Labute approximate surface area is 136 Å². The lowest BCUT2D eigenvalue weighted by atomic mass is 10.1.